The number of nitrogens with one attached hydrogen (secondary N) is 1. The Morgan fingerprint density at radius 3 is 2.94 bits per heavy atom. The van der Waals surface area contributed by atoms with Crippen LogP contribution in [-0.2, 0) is 20.0 Å². The third-order valence-corrected chi connectivity index (χ3v) is 3.30. The molecule has 16 heavy (non-hydrogen) atoms. The lowest BCUT2D eigenvalue weighted by Gasteiger charge is -2.00. The Hall–Kier alpha value is -1.27. The number of hydrogen-bond acceptors (Lipinski definition) is 5. The number of aryl methyl sites for hydroxylation is 2. The SMILES string of the molecule is Cc1ncsc1CCNCc1ncn(C)n1. The fourth-order valence-corrected chi connectivity index (χ4v) is 2.21. The zero-order valence-corrected chi connectivity index (χ0v) is 10.3. The molecule has 0 radical (unpaired) electrons. The highest BCUT2D eigenvalue weighted by atomic mass is 32.1. The first-order chi connectivity index (χ1) is 7.75. The van der Waals surface area contributed by atoms with Crippen molar-refractivity contribution in [2.24, 2.45) is 7.05 Å². The summed E-state index contributed by atoms with van der Waals surface area (Å²) in [6, 6.07) is 0. The lowest BCUT2D eigenvalue weighted by Crippen LogP contribution is -2.17. The summed E-state index contributed by atoms with van der Waals surface area (Å²) in [4.78, 5) is 9.72. The fraction of sp³-hybridized carbons (Fsp3) is 0.500. The van der Waals surface area contributed by atoms with Gasteiger partial charge in [0, 0.05) is 18.5 Å². The quantitative estimate of drug-likeness (QED) is 0.785. The molecule has 2 aromatic rings. The van der Waals surface area contributed by atoms with Gasteiger partial charge in [-0.05, 0) is 13.3 Å². The molecule has 0 spiro atoms. The molecule has 2 aromatic heterocycles. The standard InChI is InChI=1S/C10H15N5S/c1-8-9(16-7-13-8)3-4-11-5-10-12-6-15(2)14-10/h6-7,11H,3-5H2,1-2H3. The van der Waals surface area contributed by atoms with Crippen molar-refractivity contribution in [3.05, 3.63) is 28.2 Å². The molecule has 0 aliphatic heterocycles. The first kappa shape index (κ1) is 11.2. The van der Waals surface area contributed by atoms with Gasteiger partial charge >= 0.3 is 0 Å². The van der Waals surface area contributed by atoms with Crippen LogP contribution < -0.4 is 5.32 Å². The van der Waals surface area contributed by atoms with E-state index < -0.39 is 0 Å². The minimum atomic E-state index is 0.721. The number of rotatable bonds is 5. The van der Waals surface area contributed by atoms with Gasteiger partial charge in [-0.3, -0.25) is 4.68 Å². The van der Waals surface area contributed by atoms with Crippen molar-refractivity contribution in [1.82, 2.24) is 25.1 Å². The molecular formula is C10H15N5S. The van der Waals surface area contributed by atoms with Gasteiger partial charge in [-0.15, -0.1) is 11.3 Å². The van der Waals surface area contributed by atoms with Crippen LogP contribution in [0.2, 0.25) is 0 Å². The van der Waals surface area contributed by atoms with Crippen LogP contribution in [0.25, 0.3) is 0 Å². The molecule has 2 heterocycles. The second kappa shape index (κ2) is 5.18. The van der Waals surface area contributed by atoms with Crippen LogP contribution in [-0.4, -0.2) is 26.3 Å². The maximum absolute atomic E-state index is 4.22. The second-order valence-electron chi connectivity index (χ2n) is 3.62. The van der Waals surface area contributed by atoms with E-state index in [1.165, 1.54) is 4.88 Å². The summed E-state index contributed by atoms with van der Waals surface area (Å²) in [6.07, 6.45) is 2.73. The summed E-state index contributed by atoms with van der Waals surface area (Å²) < 4.78 is 1.71. The van der Waals surface area contributed by atoms with Crippen LogP contribution in [0.5, 0.6) is 0 Å². The Kier molecular flexibility index (Phi) is 3.63. The van der Waals surface area contributed by atoms with Crippen molar-refractivity contribution in [3.63, 3.8) is 0 Å². The van der Waals surface area contributed by atoms with Crippen LogP contribution >= 0.6 is 11.3 Å². The Morgan fingerprint density at radius 2 is 2.31 bits per heavy atom. The molecule has 2 rings (SSSR count). The lowest BCUT2D eigenvalue weighted by molar-refractivity contribution is 0.648. The van der Waals surface area contributed by atoms with E-state index in [1.54, 1.807) is 22.3 Å². The third-order valence-electron chi connectivity index (χ3n) is 2.30. The highest BCUT2D eigenvalue weighted by Gasteiger charge is 2.01. The molecule has 86 valence electrons. The van der Waals surface area contributed by atoms with Crippen LogP contribution in [0, 0.1) is 6.92 Å². The highest BCUT2D eigenvalue weighted by Crippen LogP contribution is 2.11. The topological polar surface area (TPSA) is 55.6 Å². The van der Waals surface area contributed by atoms with Crippen molar-refractivity contribution in [3.8, 4) is 0 Å². The van der Waals surface area contributed by atoms with Gasteiger partial charge in [0.05, 0.1) is 17.7 Å². The average molecular weight is 237 g/mol. The number of aromatic nitrogens is 4. The van der Waals surface area contributed by atoms with Crippen LogP contribution in [0.4, 0.5) is 0 Å². The average Bonchev–Trinajstić information content (AvgIpc) is 2.83. The van der Waals surface area contributed by atoms with Gasteiger partial charge in [-0.1, -0.05) is 0 Å². The summed E-state index contributed by atoms with van der Waals surface area (Å²) in [5, 5.41) is 7.52. The fourth-order valence-electron chi connectivity index (χ4n) is 1.43. The summed E-state index contributed by atoms with van der Waals surface area (Å²) in [5.41, 5.74) is 3.04. The minimum absolute atomic E-state index is 0.721. The van der Waals surface area contributed by atoms with Crippen LogP contribution in [0.1, 0.15) is 16.4 Å². The first-order valence-electron chi connectivity index (χ1n) is 5.20. The lowest BCUT2D eigenvalue weighted by atomic mass is 10.3. The molecule has 0 saturated carbocycles. The molecule has 1 N–H and O–H groups in total. The van der Waals surface area contributed by atoms with E-state index in [4.69, 9.17) is 0 Å². The molecule has 6 heteroatoms. The van der Waals surface area contributed by atoms with E-state index >= 15 is 0 Å². The van der Waals surface area contributed by atoms with Gasteiger partial charge in [0.25, 0.3) is 0 Å². The van der Waals surface area contributed by atoms with E-state index in [2.05, 4.69) is 20.4 Å². The number of thiazole rings is 1. The molecule has 0 aromatic carbocycles. The Morgan fingerprint density at radius 1 is 1.44 bits per heavy atom. The van der Waals surface area contributed by atoms with Crippen molar-refractivity contribution in [1.29, 1.82) is 0 Å². The maximum atomic E-state index is 4.22. The van der Waals surface area contributed by atoms with Crippen molar-refractivity contribution >= 4 is 11.3 Å². The molecular weight excluding hydrogens is 222 g/mol. The molecule has 5 nitrogen and oxygen atoms in total. The molecule has 0 fully saturated rings. The largest absolute Gasteiger partial charge is 0.309 e. The van der Waals surface area contributed by atoms with E-state index in [-0.39, 0.29) is 0 Å². The molecule has 0 atom stereocenters. The second-order valence-corrected chi connectivity index (χ2v) is 4.56. The van der Waals surface area contributed by atoms with Gasteiger partial charge in [0.15, 0.2) is 5.82 Å². The first-order valence-corrected chi connectivity index (χ1v) is 6.08. The minimum Gasteiger partial charge on any atom is -0.309 e. The van der Waals surface area contributed by atoms with Crippen LogP contribution in [0.15, 0.2) is 11.8 Å². The molecule has 0 unspecified atom stereocenters. The van der Waals surface area contributed by atoms with Crippen molar-refractivity contribution in [2.45, 2.75) is 19.9 Å². The van der Waals surface area contributed by atoms with E-state index in [0.29, 0.717) is 0 Å². The van der Waals surface area contributed by atoms with E-state index in [9.17, 15) is 0 Å². The highest BCUT2D eigenvalue weighted by molar-refractivity contribution is 7.09. The third kappa shape index (κ3) is 2.86. The maximum Gasteiger partial charge on any atom is 0.164 e. The number of hydrogen-bond donors (Lipinski definition) is 1. The van der Waals surface area contributed by atoms with Crippen molar-refractivity contribution < 1.29 is 0 Å². The zero-order valence-electron chi connectivity index (χ0n) is 9.47. The van der Waals surface area contributed by atoms with Crippen LogP contribution in [0.3, 0.4) is 0 Å². The Balaban J connectivity index is 1.71. The van der Waals surface area contributed by atoms with Gasteiger partial charge in [-0.25, -0.2) is 9.97 Å². The summed E-state index contributed by atoms with van der Waals surface area (Å²) in [6.45, 7) is 3.70. The summed E-state index contributed by atoms with van der Waals surface area (Å²) in [7, 11) is 1.87. The molecule has 0 aliphatic rings. The summed E-state index contributed by atoms with van der Waals surface area (Å²) in [5.74, 6) is 0.837. The Labute approximate surface area is 98.5 Å². The molecule has 0 saturated heterocycles. The van der Waals surface area contributed by atoms with E-state index in [0.717, 1.165) is 31.0 Å². The molecule has 0 aliphatic carbocycles. The number of nitrogens with zero attached hydrogens (tertiary/aromatic N) is 4. The Bertz CT molecular complexity index is 448. The molecule has 0 amide bonds. The smallest absolute Gasteiger partial charge is 0.164 e. The summed E-state index contributed by atoms with van der Waals surface area (Å²) >= 11 is 1.71. The van der Waals surface area contributed by atoms with Gasteiger partial charge in [0.2, 0.25) is 0 Å². The zero-order chi connectivity index (χ0) is 11.4. The van der Waals surface area contributed by atoms with E-state index in [1.807, 2.05) is 19.5 Å². The van der Waals surface area contributed by atoms with Gasteiger partial charge < -0.3 is 5.32 Å². The predicted octanol–water partition coefficient (Wildman–Crippen LogP) is 0.912. The van der Waals surface area contributed by atoms with Gasteiger partial charge in [-0.2, -0.15) is 5.10 Å². The van der Waals surface area contributed by atoms with Gasteiger partial charge in [0.1, 0.15) is 6.33 Å². The van der Waals surface area contributed by atoms with Crippen molar-refractivity contribution in [2.75, 3.05) is 6.54 Å². The monoisotopic (exact) mass is 237 g/mol. The molecule has 0 bridgehead atoms. The predicted molar refractivity (Wildman–Crippen MR) is 63.3 cm³/mol. The normalized spacial score (nSPS) is 10.9.